The van der Waals surface area contributed by atoms with Crippen molar-refractivity contribution in [3.8, 4) is 0 Å². The van der Waals surface area contributed by atoms with Crippen molar-refractivity contribution in [1.29, 1.82) is 0 Å². The zero-order valence-electron chi connectivity index (χ0n) is 11.8. The molecule has 0 amide bonds. The lowest BCUT2D eigenvalue weighted by molar-refractivity contribution is -0.165. The smallest absolute Gasteiger partial charge is 0.310 e. The zero-order valence-corrected chi connectivity index (χ0v) is 11.8. The largest absolute Gasteiger partial charge is 0.481 e. The van der Waals surface area contributed by atoms with E-state index in [0.29, 0.717) is 0 Å². The maximum atomic E-state index is 12.1. The van der Waals surface area contributed by atoms with Crippen molar-refractivity contribution < 1.29 is 9.90 Å². The van der Waals surface area contributed by atoms with E-state index in [0.717, 1.165) is 32.1 Å². The van der Waals surface area contributed by atoms with Crippen LogP contribution in [-0.2, 0) is 11.2 Å². The number of hydrogen-bond donors (Lipinski definition) is 1. The molecule has 0 aliphatic heterocycles. The SMILES string of the molecule is CC1(C)CCCC2c3ccccc3CCC21C(=O)O. The van der Waals surface area contributed by atoms with Crippen LogP contribution in [0.3, 0.4) is 0 Å². The Labute approximate surface area is 114 Å². The van der Waals surface area contributed by atoms with Crippen LogP contribution in [0, 0.1) is 10.8 Å². The fourth-order valence-electron chi connectivity index (χ4n) is 4.60. The quantitative estimate of drug-likeness (QED) is 0.826. The van der Waals surface area contributed by atoms with Crippen LogP contribution in [0.25, 0.3) is 0 Å². The molecule has 0 heterocycles. The number of benzene rings is 1. The Morgan fingerprint density at radius 1 is 1.26 bits per heavy atom. The first-order valence-electron chi connectivity index (χ1n) is 7.30. The number of hydrogen-bond acceptors (Lipinski definition) is 1. The van der Waals surface area contributed by atoms with Crippen molar-refractivity contribution >= 4 is 5.97 Å². The molecule has 3 rings (SSSR count). The number of aliphatic carboxylic acids is 1. The highest BCUT2D eigenvalue weighted by atomic mass is 16.4. The van der Waals surface area contributed by atoms with Gasteiger partial charge in [-0.1, -0.05) is 44.5 Å². The molecule has 1 saturated carbocycles. The molecule has 2 atom stereocenters. The Kier molecular flexibility index (Phi) is 2.74. The zero-order chi connectivity index (χ0) is 13.7. The molecule has 1 fully saturated rings. The molecular weight excluding hydrogens is 236 g/mol. The van der Waals surface area contributed by atoms with Gasteiger partial charge in [-0.2, -0.15) is 0 Å². The third kappa shape index (κ3) is 1.58. The first-order chi connectivity index (χ1) is 8.99. The van der Waals surface area contributed by atoms with E-state index in [9.17, 15) is 9.90 Å². The predicted octanol–water partition coefficient (Wildman–Crippen LogP) is 4.00. The van der Waals surface area contributed by atoms with Crippen molar-refractivity contribution in [1.82, 2.24) is 0 Å². The summed E-state index contributed by atoms with van der Waals surface area (Å²) in [5, 5.41) is 9.99. The molecule has 2 aliphatic carbocycles. The highest BCUT2D eigenvalue weighted by molar-refractivity contribution is 5.78. The van der Waals surface area contributed by atoms with Gasteiger partial charge in [0.05, 0.1) is 5.41 Å². The second-order valence-corrected chi connectivity index (χ2v) is 6.80. The fraction of sp³-hybridized carbons (Fsp3) is 0.588. The van der Waals surface area contributed by atoms with Crippen LogP contribution in [-0.4, -0.2) is 11.1 Å². The molecule has 2 heteroatoms. The maximum absolute atomic E-state index is 12.1. The van der Waals surface area contributed by atoms with Crippen LogP contribution in [0.4, 0.5) is 0 Å². The minimum Gasteiger partial charge on any atom is -0.481 e. The van der Waals surface area contributed by atoms with E-state index in [1.54, 1.807) is 0 Å². The molecule has 2 nitrogen and oxygen atoms in total. The van der Waals surface area contributed by atoms with Crippen LogP contribution in [0.1, 0.15) is 56.6 Å². The second kappa shape index (κ2) is 4.09. The highest BCUT2D eigenvalue weighted by Crippen LogP contribution is 2.62. The minimum atomic E-state index is -0.586. The number of carboxylic acids is 1. The van der Waals surface area contributed by atoms with Gasteiger partial charge < -0.3 is 5.11 Å². The minimum absolute atomic E-state index is 0.116. The van der Waals surface area contributed by atoms with Crippen molar-refractivity contribution in [2.75, 3.05) is 0 Å². The van der Waals surface area contributed by atoms with E-state index in [-0.39, 0.29) is 11.3 Å². The third-order valence-corrected chi connectivity index (χ3v) is 5.70. The first-order valence-corrected chi connectivity index (χ1v) is 7.30. The summed E-state index contributed by atoms with van der Waals surface area (Å²) in [6.45, 7) is 4.31. The van der Waals surface area contributed by atoms with Gasteiger partial charge in [-0.3, -0.25) is 4.79 Å². The highest BCUT2D eigenvalue weighted by Gasteiger charge is 2.59. The topological polar surface area (TPSA) is 37.3 Å². The van der Waals surface area contributed by atoms with Crippen LogP contribution < -0.4 is 0 Å². The summed E-state index contributed by atoms with van der Waals surface area (Å²) in [6.07, 6.45) is 4.88. The maximum Gasteiger partial charge on any atom is 0.310 e. The van der Waals surface area contributed by atoms with E-state index < -0.39 is 11.4 Å². The Balaban J connectivity index is 2.18. The van der Waals surface area contributed by atoms with Crippen LogP contribution in [0.5, 0.6) is 0 Å². The van der Waals surface area contributed by atoms with Crippen LogP contribution in [0.15, 0.2) is 24.3 Å². The van der Waals surface area contributed by atoms with Crippen molar-refractivity contribution in [2.24, 2.45) is 10.8 Å². The number of fused-ring (bicyclic) bond motifs is 3. The lowest BCUT2D eigenvalue weighted by Crippen LogP contribution is -2.53. The number of rotatable bonds is 1. The summed E-state index contributed by atoms with van der Waals surface area (Å²) in [5.74, 6) is -0.393. The number of carboxylic acid groups (broad SMARTS) is 1. The Morgan fingerprint density at radius 3 is 2.74 bits per heavy atom. The monoisotopic (exact) mass is 258 g/mol. The molecule has 2 unspecified atom stereocenters. The summed E-state index contributed by atoms with van der Waals surface area (Å²) in [6, 6.07) is 8.44. The Hall–Kier alpha value is -1.31. The fourth-order valence-corrected chi connectivity index (χ4v) is 4.60. The Bertz CT molecular complexity index is 518. The van der Waals surface area contributed by atoms with E-state index in [1.807, 2.05) is 0 Å². The van der Waals surface area contributed by atoms with Gasteiger partial charge >= 0.3 is 5.97 Å². The van der Waals surface area contributed by atoms with Crippen molar-refractivity contribution in [2.45, 2.75) is 51.9 Å². The molecule has 1 aromatic carbocycles. The van der Waals surface area contributed by atoms with Crippen LogP contribution >= 0.6 is 0 Å². The van der Waals surface area contributed by atoms with Gasteiger partial charge in [0.1, 0.15) is 0 Å². The summed E-state index contributed by atoms with van der Waals surface area (Å²) in [7, 11) is 0. The lowest BCUT2D eigenvalue weighted by Gasteiger charge is -2.54. The number of carbonyl (C=O) groups is 1. The number of aryl methyl sites for hydroxylation is 1. The van der Waals surface area contributed by atoms with E-state index >= 15 is 0 Å². The third-order valence-electron chi connectivity index (χ3n) is 5.70. The van der Waals surface area contributed by atoms with E-state index in [2.05, 4.69) is 38.1 Å². The van der Waals surface area contributed by atoms with Gasteiger partial charge in [0.15, 0.2) is 0 Å². The second-order valence-electron chi connectivity index (χ2n) is 6.80. The molecule has 0 saturated heterocycles. The van der Waals surface area contributed by atoms with Gasteiger partial charge in [0, 0.05) is 5.92 Å². The predicted molar refractivity (Wildman–Crippen MR) is 75.2 cm³/mol. The summed E-state index contributed by atoms with van der Waals surface area (Å²) >= 11 is 0. The first kappa shape index (κ1) is 12.7. The summed E-state index contributed by atoms with van der Waals surface area (Å²) in [4.78, 5) is 12.1. The summed E-state index contributed by atoms with van der Waals surface area (Å²) in [5.41, 5.74) is 1.97. The average molecular weight is 258 g/mol. The van der Waals surface area contributed by atoms with Crippen LogP contribution in [0.2, 0.25) is 0 Å². The van der Waals surface area contributed by atoms with E-state index in [4.69, 9.17) is 0 Å². The van der Waals surface area contributed by atoms with Crippen molar-refractivity contribution in [3.63, 3.8) is 0 Å². The standard InChI is InChI=1S/C17H22O2/c1-16(2)10-5-8-14-13-7-4-3-6-12(13)9-11-17(14,16)15(18)19/h3-4,6-7,14H,5,8-11H2,1-2H3,(H,18,19). The van der Waals surface area contributed by atoms with Gasteiger partial charge in [0.2, 0.25) is 0 Å². The molecule has 1 N–H and O–H groups in total. The Morgan fingerprint density at radius 2 is 2.00 bits per heavy atom. The lowest BCUT2D eigenvalue weighted by atomic mass is 9.47. The van der Waals surface area contributed by atoms with E-state index in [1.165, 1.54) is 11.1 Å². The van der Waals surface area contributed by atoms with Gasteiger partial charge in [-0.15, -0.1) is 0 Å². The van der Waals surface area contributed by atoms with Gasteiger partial charge in [-0.05, 0) is 42.2 Å². The van der Waals surface area contributed by atoms with Gasteiger partial charge in [0.25, 0.3) is 0 Å². The molecule has 0 bridgehead atoms. The molecule has 19 heavy (non-hydrogen) atoms. The molecule has 0 radical (unpaired) electrons. The molecule has 1 aromatic rings. The molecule has 0 aromatic heterocycles. The van der Waals surface area contributed by atoms with Gasteiger partial charge in [-0.25, -0.2) is 0 Å². The average Bonchev–Trinajstić information content (AvgIpc) is 2.37. The molecule has 102 valence electrons. The molecule has 0 spiro atoms. The summed E-state index contributed by atoms with van der Waals surface area (Å²) < 4.78 is 0. The molecule has 2 aliphatic rings. The van der Waals surface area contributed by atoms with Crippen molar-refractivity contribution in [3.05, 3.63) is 35.4 Å². The molecular formula is C17H22O2. The normalized spacial score (nSPS) is 32.2.